The monoisotopic (exact) mass is 271 g/mol. The zero-order valence-corrected chi connectivity index (χ0v) is 11.6. The molecule has 6 nitrogen and oxygen atoms in total. The molecule has 1 aromatic carbocycles. The van der Waals surface area contributed by atoms with Crippen LogP contribution in [0.3, 0.4) is 0 Å². The zero-order valence-electron chi connectivity index (χ0n) is 11.6. The molecule has 0 spiro atoms. The maximum atomic E-state index is 12.5. The molecule has 1 amide bonds. The van der Waals surface area contributed by atoms with Crippen molar-refractivity contribution in [1.29, 1.82) is 0 Å². The first-order valence-corrected chi connectivity index (χ1v) is 6.63. The number of nitrogens with zero attached hydrogens (tertiary/aromatic N) is 4. The molecular formula is C14H17N5O. The van der Waals surface area contributed by atoms with E-state index < -0.39 is 0 Å². The summed E-state index contributed by atoms with van der Waals surface area (Å²) in [4.78, 5) is 14.3. The van der Waals surface area contributed by atoms with Gasteiger partial charge in [0.25, 0.3) is 0 Å². The molecule has 0 saturated carbocycles. The van der Waals surface area contributed by atoms with Crippen LogP contribution >= 0.6 is 0 Å². The van der Waals surface area contributed by atoms with Crippen LogP contribution < -0.4 is 10.2 Å². The molecule has 2 aromatic rings. The van der Waals surface area contributed by atoms with Gasteiger partial charge in [-0.25, -0.2) is 0 Å². The first-order valence-electron chi connectivity index (χ1n) is 6.63. The summed E-state index contributed by atoms with van der Waals surface area (Å²) in [5.74, 6) is 0.0561. The van der Waals surface area contributed by atoms with Gasteiger partial charge in [0.15, 0.2) is 0 Å². The molecule has 1 aromatic heterocycles. The third-order valence-electron chi connectivity index (χ3n) is 3.49. The fourth-order valence-electron chi connectivity index (χ4n) is 2.42. The number of aromatic nitrogens is 3. The van der Waals surface area contributed by atoms with E-state index >= 15 is 0 Å². The lowest BCUT2D eigenvalue weighted by atomic mass is 10.1. The molecule has 1 N–H and O–H groups in total. The Morgan fingerprint density at radius 2 is 2.20 bits per heavy atom. The molecule has 1 unspecified atom stereocenters. The lowest BCUT2D eigenvalue weighted by Crippen LogP contribution is -2.42. The molecule has 1 atom stereocenters. The van der Waals surface area contributed by atoms with Crippen molar-refractivity contribution >= 4 is 11.6 Å². The fourth-order valence-corrected chi connectivity index (χ4v) is 2.42. The summed E-state index contributed by atoms with van der Waals surface area (Å²) < 4.78 is 1.64. The molecule has 20 heavy (non-hydrogen) atoms. The standard InChI is InChI=1S/C14H17N5O/c1-10-14(20)19(9-12-8-18(2)17-16-12)13-6-4-3-5-11(13)7-15-10/h3-6,8,10,15H,7,9H2,1-2H3. The number of amides is 1. The average molecular weight is 271 g/mol. The van der Waals surface area contributed by atoms with Gasteiger partial charge in [-0.3, -0.25) is 9.48 Å². The second kappa shape index (κ2) is 5.05. The molecule has 0 bridgehead atoms. The SMILES string of the molecule is CC1NCc2ccccc2N(Cc2cn(C)nn2)C1=O. The van der Waals surface area contributed by atoms with Gasteiger partial charge in [-0.2, -0.15) is 0 Å². The normalized spacial score (nSPS) is 18.8. The minimum absolute atomic E-state index is 0.0561. The first kappa shape index (κ1) is 12.8. The molecular weight excluding hydrogens is 254 g/mol. The van der Waals surface area contributed by atoms with Crippen molar-refractivity contribution in [1.82, 2.24) is 20.3 Å². The van der Waals surface area contributed by atoms with Gasteiger partial charge >= 0.3 is 0 Å². The van der Waals surface area contributed by atoms with Gasteiger partial charge in [0.05, 0.1) is 12.6 Å². The van der Waals surface area contributed by atoms with Crippen molar-refractivity contribution in [2.45, 2.75) is 26.1 Å². The van der Waals surface area contributed by atoms with Gasteiger partial charge < -0.3 is 10.2 Å². The van der Waals surface area contributed by atoms with Crippen LogP contribution in [-0.4, -0.2) is 26.9 Å². The highest BCUT2D eigenvalue weighted by Gasteiger charge is 2.27. The molecule has 1 aliphatic heterocycles. The van der Waals surface area contributed by atoms with Crippen molar-refractivity contribution in [3.63, 3.8) is 0 Å². The summed E-state index contributed by atoms with van der Waals surface area (Å²) in [7, 11) is 1.82. The predicted octanol–water partition coefficient (Wildman–Crippen LogP) is 0.840. The van der Waals surface area contributed by atoms with Crippen LogP contribution in [0.15, 0.2) is 30.5 Å². The highest BCUT2D eigenvalue weighted by molar-refractivity contribution is 5.98. The zero-order chi connectivity index (χ0) is 14.1. The van der Waals surface area contributed by atoms with E-state index in [9.17, 15) is 4.79 Å². The van der Waals surface area contributed by atoms with E-state index in [1.165, 1.54) is 0 Å². The Morgan fingerprint density at radius 3 is 2.95 bits per heavy atom. The number of para-hydroxylation sites is 1. The largest absolute Gasteiger partial charge is 0.305 e. The van der Waals surface area contributed by atoms with Gasteiger partial charge in [-0.15, -0.1) is 5.10 Å². The molecule has 104 valence electrons. The number of carbonyl (C=O) groups excluding carboxylic acids is 1. The maximum absolute atomic E-state index is 12.5. The van der Waals surface area contributed by atoms with Crippen LogP contribution in [0.2, 0.25) is 0 Å². The fraction of sp³-hybridized carbons (Fsp3) is 0.357. The second-order valence-corrected chi connectivity index (χ2v) is 5.04. The van der Waals surface area contributed by atoms with Crippen LogP contribution in [0.1, 0.15) is 18.2 Å². The summed E-state index contributed by atoms with van der Waals surface area (Å²) in [5.41, 5.74) is 2.85. The Labute approximate surface area is 117 Å². The minimum Gasteiger partial charge on any atom is -0.305 e. The molecule has 6 heteroatoms. The van der Waals surface area contributed by atoms with Gasteiger partial charge in [0.2, 0.25) is 5.91 Å². The summed E-state index contributed by atoms with van der Waals surface area (Å²) in [6.45, 7) is 3.02. The first-order chi connectivity index (χ1) is 9.65. The number of rotatable bonds is 2. The second-order valence-electron chi connectivity index (χ2n) is 5.04. The molecule has 1 aliphatic rings. The number of anilines is 1. The molecule has 3 rings (SSSR count). The third kappa shape index (κ3) is 2.30. The van der Waals surface area contributed by atoms with Gasteiger partial charge in [-0.1, -0.05) is 23.4 Å². The Bertz CT molecular complexity index is 636. The van der Waals surface area contributed by atoms with Crippen LogP contribution in [0.25, 0.3) is 0 Å². The quantitative estimate of drug-likeness (QED) is 0.879. The number of nitrogens with one attached hydrogen (secondary N) is 1. The number of fused-ring (bicyclic) bond motifs is 1. The molecule has 2 heterocycles. The van der Waals surface area contributed by atoms with Crippen LogP contribution in [0, 0.1) is 0 Å². The van der Waals surface area contributed by atoms with Crippen LogP contribution in [0.4, 0.5) is 5.69 Å². The van der Waals surface area contributed by atoms with E-state index in [0.717, 1.165) is 16.9 Å². The van der Waals surface area contributed by atoms with Crippen molar-refractivity contribution in [3.05, 3.63) is 41.7 Å². The molecule has 0 radical (unpaired) electrons. The smallest absolute Gasteiger partial charge is 0.244 e. The van der Waals surface area contributed by atoms with E-state index in [-0.39, 0.29) is 11.9 Å². The number of hydrogen-bond donors (Lipinski definition) is 1. The third-order valence-corrected chi connectivity index (χ3v) is 3.49. The van der Waals surface area contributed by atoms with Crippen LogP contribution in [-0.2, 0) is 24.9 Å². The summed E-state index contributed by atoms with van der Waals surface area (Å²) in [6, 6.07) is 7.74. The van der Waals surface area contributed by atoms with Gasteiger partial charge in [0, 0.05) is 25.5 Å². The summed E-state index contributed by atoms with van der Waals surface area (Å²) in [5, 5.41) is 11.2. The molecule has 0 aliphatic carbocycles. The van der Waals surface area contributed by atoms with E-state index in [0.29, 0.717) is 13.1 Å². The Balaban J connectivity index is 1.98. The Morgan fingerprint density at radius 1 is 1.40 bits per heavy atom. The van der Waals surface area contributed by atoms with Crippen molar-refractivity contribution in [2.24, 2.45) is 7.05 Å². The van der Waals surface area contributed by atoms with E-state index in [2.05, 4.69) is 15.6 Å². The maximum Gasteiger partial charge on any atom is 0.244 e. The highest BCUT2D eigenvalue weighted by Crippen LogP contribution is 2.25. The Hall–Kier alpha value is -2.21. The number of hydrogen-bond acceptors (Lipinski definition) is 4. The predicted molar refractivity (Wildman–Crippen MR) is 74.9 cm³/mol. The molecule has 0 saturated heterocycles. The Kier molecular flexibility index (Phi) is 3.23. The minimum atomic E-state index is -0.209. The summed E-state index contributed by atoms with van der Waals surface area (Å²) in [6.07, 6.45) is 1.83. The summed E-state index contributed by atoms with van der Waals surface area (Å²) >= 11 is 0. The van der Waals surface area contributed by atoms with Crippen LogP contribution in [0.5, 0.6) is 0 Å². The van der Waals surface area contributed by atoms with E-state index in [1.807, 2.05) is 44.4 Å². The van der Waals surface area contributed by atoms with Crippen molar-refractivity contribution in [2.75, 3.05) is 4.90 Å². The average Bonchev–Trinajstić information content (AvgIpc) is 2.82. The number of benzene rings is 1. The van der Waals surface area contributed by atoms with Crippen molar-refractivity contribution in [3.8, 4) is 0 Å². The van der Waals surface area contributed by atoms with E-state index in [4.69, 9.17) is 0 Å². The van der Waals surface area contributed by atoms with Gasteiger partial charge in [-0.05, 0) is 18.6 Å². The number of carbonyl (C=O) groups is 1. The lowest BCUT2D eigenvalue weighted by molar-refractivity contribution is -0.120. The topological polar surface area (TPSA) is 63.1 Å². The van der Waals surface area contributed by atoms with Gasteiger partial charge in [0.1, 0.15) is 5.69 Å². The van der Waals surface area contributed by atoms with Crippen molar-refractivity contribution < 1.29 is 4.79 Å². The van der Waals surface area contributed by atoms with E-state index in [1.54, 1.807) is 9.58 Å². The number of aryl methyl sites for hydroxylation is 1. The molecule has 0 fully saturated rings. The highest BCUT2D eigenvalue weighted by atomic mass is 16.2. The lowest BCUT2D eigenvalue weighted by Gasteiger charge is -2.23.